The largest absolute Gasteiger partial charge is 0.355 e. The molecule has 0 saturated heterocycles. The molecule has 0 aliphatic heterocycles. The molecule has 0 saturated carbocycles. The van der Waals surface area contributed by atoms with Crippen LogP contribution in [0.3, 0.4) is 0 Å². The molecule has 7 heteroatoms. The van der Waals surface area contributed by atoms with Gasteiger partial charge in [0.2, 0.25) is 15.9 Å². The lowest BCUT2D eigenvalue weighted by molar-refractivity contribution is -0.121. The molecule has 0 spiro atoms. The molecule has 0 bridgehead atoms. The van der Waals surface area contributed by atoms with E-state index in [1.807, 2.05) is 6.92 Å². The number of pyridine rings is 1. The van der Waals surface area contributed by atoms with E-state index in [1.54, 1.807) is 24.4 Å². The second-order valence-corrected chi connectivity index (χ2v) is 6.54. The van der Waals surface area contributed by atoms with Crippen LogP contribution in [0.4, 0.5) is 0 Å². The summed E-state index contributed by atoms with van der Waals surface area (Å²) in [5.74, 6) is -0.292. The zero-order valence-electron chi connectivity index (χ0n) is 11.9. The van der Waals surface area contributed by atoms with E-state index in [0.29, 0.717) is 12.2 Å². The maximum absolute atomic E-state index is 11.7. The first kappa shape index (κ1) is 16.6. The molecule has 20 heavy (non-hydrogen) atoms. The van der Waals surface area contributed by atoms with Crippen LogP contribution in [0.25, 0.3) is 0 Å². The van der Waals surface area contributed by atoms with E-state index < -0.39 is 10.0 Å². The standard InChI is InChI=1S/C13H21N3O3S/c1-3-4-8-15-13(17)11-16(20(2,18)19)10-12-7-5-6-9-14-12/h5-7,9H,3-4,8,10-11H2,1-2H3,(H,15,17). The number of nitrogens with zero attached hydrogens (tertiary/aromatic N) is 2. The highest BCUT2D eigenvalue weighted by Gasteiger charge is 2.20. The first-order chi connectivity index (χ1) is 9.43. The summed E-state index contributed by atoms with van der Waals surface area (Å²) < 4.78 is 24.6. The van der Waals surface area contributed by atoms with Crippen molar-refractivity contribution in [1.82, 2.24) is 14.6 Å². The van der Waals surface area contributed by atoms with Crippen LogP contribution in [0, 0.1) is 0 Å². The van der Waals surface area contributed by atoms with Crippen LogP contribution in [0.5, 0.6) is 0 Å². The maximum Gasteiger partial charge on any atom is 0.235 e. The van der Waals surface area contributed by atoms with Crippen molar-refractivity contribution in [2.75, 3.05) is 19.3 Å². The molecule has 0 unspecified atom stereocenters. The molecule has 1 amide bonds. The van der Waals surface area contributed by atoms with Gasteiger partial charge >= 0.3 is 0 Å². The summed E-state index contributed by atoms with van der Waals surface area (Å²) in [5.41, 5.74) is 0.610. The van der Waals surface area contributed by atoms with Gasteiger partial charge in [0.1, 0.15) is 0 Å². The Labute approximate surface area is 120 Å². The predicted molar refractivity (Wildman–Crippen MR) is 77.4 cm³/mol. The third-order valence-corrected chi connectivity index (χ3v) is 3.90. The minimum Gasteiger partial charge on any atom is -0.355 e. The Kier molecular flexibility index (Phi) is 6.60. The van der Waals surface area contributed by atoms with Gasteiger partial charge < -0.3 is 5.32 Å². The first-order valence-corrected chi connectivity index (χ1v) is 8.40. The number of hydrogen-bond acceptors (Lipinski definition) is 4. The van der Waals surface area contributed by atoms with E-state index in [4.69, 9.17) is 0 Å². The minimum absolute atomic E-state index is 0.0981. The minimum atomic E-state index is -3.46. The van der Waals surface area contributed by atoms with Gasteiger partial charge in [-0.25, -0.2) is 8.42 Å². The van der Waals surface area contributed by atoms with Gasteiger partial charge in [0, 0.05) is 12.7 Å². The summed E-state index contributed by atoms with van der Waals surface area (Å²) in [6.07, 6.45) is 4.54. The number of sulfonamides is 1. The van der Waals surface area contributed by atoms with Gasteiger partial charge in [-0.2, -0.15) is 4.31 Å². The highest BCUT2D eigenvalue weighted by atomic mass is 32.2. The van der Waals surface area contributed by atoms with Crippen LogP contribution in [0.15, 0.2) is 24.4 Å². The second-order valence-electron chi connectivity index (χ2n) is 4.56. The third kappa shape index (κ3) is 6.12. The molecular formula is C13H21N3O3S. The zero-order valence-corrected chi connectivity index (χ0v) is 12.7. The van der Waals surface area contributed by atoms with Crippen LogP contribution in [0.1, 0.15) is 25.5 Å². The van der Waals surface area contributed by atoms with Crippen molar-refractivity contribution in [2.45, 2.75) is 26.3 Å². The average Bonchev–Trinajstić information content (AvgIpc) is 2.38. The Hall–Kier alpha value is -1.47. The summed E-state index contributed by atoms with van der Waals surface area (Å²) in [7, 11) is -3.46. The number of nitrogens with one attached hydrogen (secondary N) is 1. The highest BCUT2D eigenvalue weighted by molar-refractivity contribution is 7.88. The summed E-state index contributed by atoms with van der Waals surface area (Å²) in [5, 5.41) is 2.71. The fourth-order valence-electron chi connectivity index (χ4n) is 1.58. The Bertz CT molecular complexity index is 517. The quantitative estimate of drug-likeness (QED) is 0.719. The molecule has 0 aliphatic rings. The molecule has 112 valence electrons. The van der Waals surface area contributed by atoms with Gasteiger partial charge in [-0.15, -0.1) is 0 Å². The molecule has 0 aromatic carbocycles. The van der Waals surface area contributed by atoms with Crippen LogP contribution in [-0.2, 0) is 21.4 Å². The number of carbonyl (C=O) groups is 1. The number of aromatic nitrogens is 1. The maximum atomic E-state index is 11.7. The molecule has 1 heterocycles. The molecule has 0 atom stereocenters. The lowest BCUT2D eigenvalue weighted by Gasteiger charge is -2.19. The average molecular weight is 299 g/mol. The lowest BCUT2D eigenvalue weighted by Crippen LogP contribution is -2.40. The van der Waals surface area contributed by atoms with Crippen molar-refractivity contribution in [1.29, 1.82) is 0 Å². The summed E-state index contributed by atoms with van der Waals surface area (Å²) in [6, 6.07) is 5.27. The van der Waals surface area contributed by atoms with Crippen LogP contribution in [-0.4, -0.2) is 43.0 Å². The molecule has 0 aliphatic carbocycles. The van der Waals surface area contributed by atoms with Crippen molar-refractivity contribution in [3.8, 4) is 0 Å². The van der Waals surface area contributed by atoms with Gasteiger partial charge in [0.05, 0.1) is 25.0 Å². The van der Waals surface area contributed by atoms with Gasteiger partial charge in [0.25, 0.3) is 0 Å². The second kappa shape index (κ2) is 7.96. The number of amides is 1. The number of carbonyl (C=O) groups excluding carboxylic acids is 1. The fraction of sp³-hybridized carbons (Fsp3) is 0.538. The lowest BCUT2D eigenvalue weighted by atomic mass is 10.3. The van der Waals surface area contributed by atoms with E-state index >= 15 is 0 Å². The smallest absolute Gasteiger partial charge is 0.235 e. The Morgan fingerprint density at radius 1 is 1.40 bits per heavy atom. The normalized spacial score (nSPS) is 11.6. The topological polar surface area (TPSA) is 79.4 Å². The molecular weight excluding hydrogens is 278 g/mol. The monoisotopic (exact) mass is 299 g/mol. The third-order valence-electron chi connectivity index (χ3n) is 2.71. The molecule has 1 rings (SSSR count). The molecule has 6 nitrogen and oxygen atoms in total. The van der Waals surface area contributed by atoms with E-state index in [-0.39, 0.29) is 19.0 Å². The van der Waals surface area contributed by atoms with Crippen LogP contribution in [0.2, 0.25) is 0 Å². The van der Waals surface area contributed by atoms with E-state index in [0.717, 1.165) is 23.4 Å². The predicted octanol–water partition coefficient (Wildman–Crippen LogP) is 0.760. The zero-order chi connectivity index (χ0) is 15.0. The molecule has 1 N–H and O–H groups in total. The van der Waals surface area contributed by atoms with Gasteiger partial charge in [0.15, 0.2) is 0 Å². The summed E-state index contributed by atoms with van der Waals surface area (Å²) in [4.78, 5) is 15.8. The Balaban J connectivity index is 2.64. The van der Waals surface area contributed by atoms with E-state index in [2.05, 4.69) is 10.3 Å². The summed E-state index contributed by atoms with van der Waals surface area (Å²) >= 11 is 0. The van der Waals surface area contributed by atoms with Crippen molar-refractivity contribution in [3.63, 3.8) is 0 Å². The Morgan fingerprint density at radius 2 is 2.15 bits per heavy atom. The Morgan fingerprint density at radius 3 is 2.70 bits per heavy atom. The number of unbranched alkanes of at least 4 members (excludes halogenated alkanes) is 1. The highest BCUT2D eigenvalue weighted by Crippen LogP contribution is 2.05. The van der Waals surface area contributed by atoms with Crippen molar-refractivity contribution in [2.24, 2.45) is 0 Å². The van der Waals surface area contributed by atoms with Crippen molar-refractivity contribution in [3.05, 3.63) is 30.1 Å². The van der Waals surface area contributed by atoms with Gasteiger partial charge in [-0.1, -0.05) is 19.4 Å². The van der Waals surface area contributed by atoms with Crippen molar-refractivity contribution >= 4 is 15.9 Å². The molecule has 1 aromatic heterocycles. The number of rotatable bonds is 8. The summed E-state index contributed by atoms with van der Waals surface area (Å²) in [6.45, 7) is 2.51. The number of hydrogen-bond donors (Lipinski definition) is 1. The SMILES string of the molecule is CCCCNC(=O)CN(Cc1ccccn1)S(C)(=O)=O. The molecule has 1 aromatic rings. The van der Waals surface area contributed by atoms with Crippen LogP contribution < -0.4 is 5.32 Å². The van der Waals surface area contributed by atoms with E-state index in [9.17, 15) is 13.2 Å². The molecule has 0 radical (unpaired) electrons. The first-order valence-electron chi connectivity index (χ1n) is 6.55. The van der Waals surface area contributed by atoms with Gasteiger partial charge in [-0.3, -0.25) is 9.78 Å². The fourth-order valence-corrected chi connectivity index (χ4v) is 2.30. The van der Waals surface area contributed by atoms with Gasteiger partial charge in [-0.05, 0) is 18.6 Å². The molecule has 0 fully saturated rings. The van der Waals surface area contributed by atoms with E-state index in [1.165, 1.54) is 0 Å². The van der Waals surface area contributed by atoms with Crippen LogP contribution >= 0.6 is 0 Å². The van der Waals surface area contributed by atoms with Crippen molar-refractivity contribution < 1.29 is 13.2 Å².